The Bertz CT molecular complexity index is 660. The average molecular weight is 371 g/mol. The lowest BCUT2D eigenvalue weighted by molar-refractivity contribution is 0.0529. The number of carbonyl (C=O) groups excluding carboxylic acids is 1. The van der Waals surface area contributed by atoms with Gasteiger partial charge in [-0.15, -0.1) is 23.7 Å². The van der Waals surface area contributed by atoms with Crippen LogP contribution in [0.3, 0.4) is 0 Å². The summed E-state index contributed by atoms with van der Waals surface area (Å²) >= 11 is 1.54. The smallest absolute Gasteiger partial charge is 0.256 e. The zero-order chi connectivity index (χ0) is 16.2. The molecule has 0 bridgehead atoms. The number of rotatable bonds is 4. The van der Waals surface area contributed by atoms with Crippen molar-refractivity contribution in [1.82, 2.24) is 9.80 Å². The molecular weight excluding hydrogens is 351 g/mol. The molecule has 2 aromatic rings. The van der Waals surface area contributed by atoms with Gasteiger partial charge in [-0.05, 0) is 23.6 Å². The van der Waals surface area contributed by atoms with Crippen molar-refractivity contribution in [3.05, 3.63) is 58.0 Å². The summed E-state index contributed by atoms with van der Waals surface area (Å²) < 4.78 is 13.7. The van der Waals surface area contributed by atoms with E-state index in [1.54, 1.807) is 28.4 Å². The van der Waals surface area contributed by atoms with E-state index in [2.05, 4.69) is 4.90 Å². The minimum absolute atomic E-state index is 0. The Kier molecular flexibility index (Phi) is 6.74. The van der Waals surface area contributed by atoms with Crippen LogP contribution in [0.1, 0.15) is 21.3 Å². The molecule has 24 heavy (non-hydrogen) atoms. The van der Waals surface area contributed by atoms with E-state index in [0.29, 0.717) is 32.7 Å². The van der Waals surface area contributed by atoms with Crippen LogP contribution in [-0.2, 0) is 0 Å². The highest BCUT2D eigenvalue weighted by atomic mass is 35.5. The molecular formula is C17H20ClFN2O2S. The fourth-order valence-corrected chi connectivity index (χ4v) is 3.46. The second-order valence-electron chi connectivity index (χ2n) is 5.60. The monoisotopic (exact) mass is 370 g/mol. The first-order valence-electron chi connectivity index (χ1n) is 7.63. The molecule has 1 aliphatic heterocycles. The quantitative estimate of drug-likeness (QED) is 0.900. The average Bonchev–Trinajstić information content (AvgIpc) is 3.10. The molecule has 1 fully saturated rings. The van der Waals surface area contributed by atoms with E-state index in [0.717, 1.165) is 4.88 Å². The number of aliphatic hydroxyl groups is 1. The lowest BCUT2D eigenvalue weighted by Gasteiger charge is -2.35. The second-order valence-corrected chi connectivity index (χ2v) is 6.58. The third-order valence-electron chi connectivity index (χ3n) is 4.07. The van der Waals surface area contributed by atoms with Crippen molar-refractivity contribution in [3.63, 3.8) is 0 Å². The Hall–Kier alpha value is -1.47. The van der Waals surface area contributed by atoms with Crippen LogP contribution in [0.2, 0.25) is 0 Å². The van der Waals surface area contributed by atoms with Gasteiger partial charge in [0.2, 0.25) is 0 Å². The molecule has 4 nitrogen and oxygen atoms in total. The van der Waals surface area contributed by atoms with Gasteiger partial charge < -0.3 is 10.0 Å². The summed E-state index contributed by atoms with van der Waals surface area (Å²) in [6, 6.07) is 9.92. The van der Waals surface area contributed by atoms with E-state index in [9.17, 15) is 14.3 Å². The Morgan fingerprint density at radius 2 is 1.88 bits per heavy atom. The molecule has 0 radical (unpaired) electrons. The molecule has 1 atom stereocenters. The molecule has 0 saturated carbocycles. The third kappa shape index (κ3) is 4.33. The summed E-state index contributed by atoms with van der Waals surface area (Å²) in [7, 11) is 0. The zero-order valence-electron chi connectivity index (χ0n) is 13.1. The van der Waals surface area contributed by atoms with Gasteiger partial charge in [-0.25, -0.2) is 4.39 Å². The fourth-order valence-electron chi connectivity index (χ4n) is 2.75. The number of nitrogens with zero attached hydrogens (tertiary/aromatic N) is 2. The van der Waals surface area contributed by atoms with Crippen LogP contribution in [0.5, 0.6) is 0 Å². The Labute approximate surface area is 150 Å². The number of β-amino-alcohol motifs (C(OH)–C–C–N with tert-alkyl or cyclic N) is 1. The first-order valence-corrected chi connectivity index (χ1v) is 8.51. The van der Waals surface area contributed by atoms with E-state index in [4.69, 9.17) is 0 Å². The Balaban J connectivity index is 0.00000208. The SMILES string of the molecule is Cl.O=C(c1ccccc1F)N1CCN(CC(O)c2cccs2)CC1. The molecule has 1 aromatic carbocycles. The second kappa shape index (κ2) is 8.58. The normalized spacial score (nSPS) is 16.5. The highest BCUT2D eigenvalue weighted by Crippen LogP contribution is 2.20. The van der Waals surface area contributed by atoms with Gasteiger partial charge in [0.1, 0.15) is 11.9 Å². The minimum atomic E-state index is -0.496. The van der Waals surface area contributed by atoms with E-state index in [1.165, 1.54) is 12.1 Å². The van der Waals surface area contributed by atoms with Gasteiger partial charge in [-0.1, -0.05) is 18.2 Å². The highest BCUT2D eigenvalue weighted by molar-refractivity contribution is 7.10. The summed E-state index contributed by atoms with van der Waals surface area (Å²) in [4.78, 5) is 17.1. The van der Waals surface area contributed by atoms with E-state index < -0.39 is 11.9 Å². The number of aliphatic hydroxyl groups excluding tert-OH is 1. The van der Waals surface area contributed by atoms with Crippen molar-refractivity contribution in [3.8, 4) is 0 Å². The number of benzene rings is 1. The standard InChI is InChI=1S/C17H19FN2O2S.ClH/c18-14-5-2-1-4-13(14)17(22)20-9-7-19(8-10-20)12-15(21)16-6-3-11-23-16;/h1-6,11,15,21H,7-10,12H2;1H. The van der Waals surface area contributed by atoms with Gasteiger partial charge in [0, 0.05) is 37.6 Å². The van der Waals surface area contributed by atoms with Gasteiger partial charge >= 0.3 is 0 Å². The van der Waals surface area contributed by atoms with Crippen molar-refractivity contribution < 1.29 is 14.3 Å². The van der Waals surface area contributed by atoms with Gasteiger partial charge in [-0.3, -0.25) is 9.69 Å². The van der Waals surface area contributed by atoms with Gasteiger partial charge in [0.25, 0.3) is 5.91 Å². The zero-order valence-corrected chi connectivity index (χ0v) is 14.7. The number of halogens is 2. The summed E-state index contributed by atoms with van der Waals surface area (Å²) in [6.07, 6.45) is -0.496. The van der Waals surface area contributed by atoms with Gasteiger partial charge in [0.15, 0.2) is 0 Å². The lowest BCUT2D eigenvalue weighted by atomic mass is 10.1. The molecule has 1 saturated heterocycles. The van der Waals surface area contributed by atoms with Crippen molar-refractivity contribution >= 4 is 29.7 Å². The maximum absolute atomic E-state index is 13.7. The molecule has 1 aromatic heterocycles. The van der Waals surface area contributed by atoms with Crippen molar-refractivity contribution in [2.24, 2.45) is 0 Å². The predicted molar refractivity (Wildman–Crippen MR) is 95.3 cm³/mol. The fraction of sp³-hybridized carbons (Fsp3) is 0.353. The molecule has 1 amide bonds. The lowest BCUT2D eigenvalue weighted by Crippen LogP contribution is -2.49. The number of piperazine rings is 1. The van der Waals surface area contributed by atoms with Crippen LogP contribution in [0.25, 0.3) is 0 Å². The van der Waals surface area contributed by atoms with Crippen LogP contribution in [0, 0.1) is 5.82 Å². The number of carbonyl (C=O) groups is 1. The maximum Gasteiger partial charge on any atom is 0.256 e. The van der Waals surface area contributed by atoms with E-state index >= 15 is 0 Å². The molecule has 130 valence electrons. The van der Waals surface area contributed by atoms with Crippen molar-refractivity contribution in [1.29, 1.82) is 0 Å². The van der Waals surface area contributed by atoms with Crippen LogP contribution in [0.4, 0.5) is 4.39 Å². The first kappa shape index (κ1) is 18.9. The van der Waals surface area contributed by atoms with Crippen LogP contribution >= 0.6 is 23.7 Å². The van der Waals surface area contributed by atoms with Crippen molar-refractivity contribution in [2.45, 2.75) is 6.10 Å². The molecule has 7 heteroatoms. The Morgan fingerprint density at radius 3 is 2.50 bits per heavy atom. The molecule has 2 heterocycles. The number of thiophene rings is 1. The molecule has 1 N–H and O–H groups in total. The van der Waals surface area contributed by atoms with Gasteiger partial charge in [-0.2, -0.15) is 0 Å². The minimum Gasteiger partial charge on any atom is -0.386 e. The van der Waals surface area contributed by atoms with Crippen LogP contribution in [-0.4, -0.2) is 53.5 Å². The topological polar surface area (TPSA) is 43.8 Å². The molecule has 0 spiro atoms. The van der Waals surface area contributed by atoms with Crippen molar-refractivity contribution in [2.75, 3.05) is 32.7 Å². The summed E-state index contributed by atoms with van der Waals surface area (Å²) in [6.45, 7) is 3.02. The van der Waals surface area contributed by atoms with Crippen LogP contribution in [0.15, 0.2) is 41.8 Å². The number of amides is 1. The molecule has 3 rings (SSSR count). The maximum atomic E-state index is 13.7. The van der Waals surface area contributed by atoms with E-state index in [1.807, 2.05) is 17.5 Å². The summed E-state index contributed by atoms with van der Waals surface area (Å²) in [5.74, 6) is -0.741. The molecule has 0 aliphatic carbocycles. The predicted octanol–water partition coefficient (Wildman–Crippen LogP) is 2.80. The molecule has 1 aliphatic rings. The highest BCUT2D eigenvalue weighted by Gasteiger charge is 2.25. The van der Waals surface area contributed by atoms with Gasteiger partial charge in [0.05, 0.1) is 5.56 Å². The molecule has 1 unspecified atom stereocenters. The van der Waals surface area contributed by atoms with Crippen LogP contribution < -0.4 is 0 Å². The summed E-state index contributed by atoms with van der Waals surface area (Å²) in [5, 5.41) is 12.1. The Morgan fingerprint density at radius 1 is 1.17 bits per heavy atom. The van der Waals surface area contributed by atoms with E-state index in [-0.39, 0.29) is 23.9 Å². The third-order valence-corrected chi connectivity index (χ3v) is 5.04. The number of hydrogen-bond donors (Lipinski definition) is 1. The first-order chi connectivity index (χ1) is 11.1. The summed E-state index contributed by atoms with van der Waals surface area (Å²) in [5.41, 5.74) is 0.125. The number of hydrogen-bond acceptors (Lipinski definition) is 4. The largest absolute Gasteiger partial charge is 0.386 e.